The zero-order valence-electron chi connectivity index (χ0n) is 14.9. The maximum atomic E-state index is 6.16. The Hall–Kier alpha value is -3.01. The quantitative estimate of drug-likeness (QED) is 0.476. The van der Waals surface area contributed by atoms with Crippen LogP contribution in [-0.2, 0) is 0 Å². The van der Waals surface area contributed by atoms with Crippen molar-refractivity contribution in [3.8, 4) is 0 Å². The van der Waals surface area contributed by atoms with Crippen LogP contribution in [0.3, 0.4) is 0 Å². The molecule has 0 amide bonds. The third kappa shape index (κ3) is 2.25. The molecular formula is C22H21N3O. The Kier molecular flexibility index (Phi) is 3.56. The number of benzene rings is 2. The molecule has 0 radical (unpaired) electrons. The van der Waals surface area contributed by atoms with Gasteiger partial charge in [-0.2, -0.15) is 0 Å². The highest BCUT2D eigenvalue weighted by Crippen LogP contribution is 2.44. The van der Waals surface area contributed by atoms with Crippen molar-refractivity contribution in [1.82, 2.24) is 4.98 Å². The molecule has 4 heteroatoms. The molecule has 2 aromatic carbocycles. The van der Waals surface area contributed by atoms with Gasteiger partial charge in [0.2, 0.25) is 5.71 Å². The first-order valence-electron chi connectivity index (χ1n) is 9.24. The summed E-state index contributed by atoms with van der Waals surface area (Å²) in [5.74, 6) is 0. The number of aromatic nitrogens is 1. The maximum Gasteiger partial charge on any atom is 0.227 e. The first-order valence-corrected chi connectivity index (χ1v) is 9.24. The molecule has 0 unspecified atom stereocenters. The molecule has 26 heavy (non-hydrogen) atoms. The van der Waals surface area contributed by atoms with E-state index in [4.69, 9.17) is 4.42 Å². The van der Waals surface area contributed by atoms with E-state index in [9.17, 15) is 0 Å². The fourth-order valence-corrected chi connectivity index (χ4v) is 3.86. The lowest BCUT2D eigenvalue weighted by atomic mass is 10.1. The molecule has 5 rings (SSSR count). The minimum Gasteiger partial charge on any atom is -0.436 e. The number of nitrogens with zero attached hydrogens (tertiary/aromatic N) is 3. The molecular weight excluding hydrogens is 322 g/mol. The van der Waals surface area contributed by atoms with Crippen molar-refractivity contribution >= 4 is 39.1 Å². The molecule has 1 aliphatic heterocycles. The Morgan fingerprint density at radius 1 is 0.923 bits per heavy atom. The van der Waals surface area contributed by atoms with Crippen molar-refractivity contribution in [2.75, 3.05) is 23.0 Å². The van der Waals surface area contributed by atoms with Gasteiger partial charge in [0.25, 0.3) is 0 Å². The van der Waals surface area contributed by atoms with Crippen molar-refractivity contribution in [3.63, 3.8) is 0 Å². The van der Waals surface area contributed by atoms with Crippen LogP contribution >= 0.6 is 0 Å². The van der Waals surface area contributed by atoms with Crippen LogP contribution in [0, 0.1) is 0 Å². The molecule has 0 atom stereocenters. The average Bonchev–Trinajstić information content (AvgIpc) is 3.25. The van der Waals surface area contributed by atoms with Gasteiger partial charge in [-0.05, 0) is 36.8 Å². The van der Waals surface area contributed by atoms with Gasteiger partial charge in [0.05, 0.1) is 23.7 Å². The number of fused-ring (bicyclic) bond motifs is 4. The average molecular weight is 343 g/mol. The molecule has 0 saturated carbocycles. The highest BCUT2D eigenvalue weighted by molar-refractivity contribution is 6.09. The fourth-order valence-electron chi connectivity index (χ4n) is 3.86. The molecule has 0 fully saturated rings. The number of furan rings is 1. The summed E-state index contributed by atoms with van der Waals surface area (Å²) in [4.78, 5) is 9.20. The highest BCUT2D eigenvalue weighted by atomic mass is 16.3. The van der Waals surface area contributed by atoms with Crippen molar-refractivity contribution in [2.24, 2.45) is 0 Å². The molecule has 4 aromatic rings. The van der Waals surface area contributed by atoms with E-state index in [1.54, 1.807) is 6.20 Å². The Labute approximate surface area is 152 Å². The van der Waals surface area contributed by atoms with E-state index < -0.39 is 0 Å². The molecule has 130 valence electrons. The first kappa shape index (κ1) is 15.3. The number of hydrogen-bond donors (Lipinski definition) is 0. The van der Waals surface area contributed by atoms with Gasteiger partial charge in [-0.15, -0.1) is 0 Å². The number of hydrogen-bond acceptors (Lipinski definition) is 4. The Bertz CT molecular complexity index is 1090. The summed E-state index contributed by atoms with van der Waals surface area (Å²) in [6, 6.07) is 19.0. The Morgan fingerprint density at radius 2 is 1.73 bits per heavy atom. The zero-order valence-corrected chi connectivity index (χ0v) is 14.9. The SMILES string of the molecule is CCCCN1CN(c2cccc3c2oc2ncccc23)c2ccccc21. The summed E-state index contributed by atoms with van der Waals surface area (Å²) in [5, 5.41) is 2.19. The van der Waals surface area contributed by atoms with Gasteiger partial charge >= 0.3 is 0 Å². The van der Waals surface area contributed by atoms with E-state index in [1.807, 2.05) is 6.07 Å². The van der Waals surface area contributed by atoms with Gasteiger partial charge < -0.3 is 14.2 Å². The lowest BCUT2D eigenvalue weighted by Crippen LogP contribution is -2.28. The molecule has 3 heterocycles. The molecule has 2 aromatic heterocycles. The third-order valence-electron chi connectivity index (χ3n) is 5.15. The van der Waals surface area contributed by atoms with E-state index >= 15 is 0 Å². The second-order valence-electron chi connectivity index (χ2n) is 6.79. The monoisotopic (exact) mass is 343 g/mol. The summed E-state index contributed by atoms with van der Waals surface area (Å²) in [7, 11) is 0. The van der Waals surface area contributed by atoms with E-state index in [0.29, 0.717) is 5.71 Å². The molecule has 0 aliphatic carbocycles. The van der Waals surface area contributed by atoms with Crippen LogP contribution < -0.4 is 9.80 Å². The zero-order chi connectivity index (χ0) is 17.5. The fraction of sp³-hybridized carbons (Fsp3) is 0.227. The van der Waals surface area contributed by atoms with Crippen LogP contribution in [0.4, 0.5) is 17.1 Å². The summed E-state index contributed by atoms with van der Waals surface area (Å²) in [6.45, 7) is 4.16. The van der Waals surface area contributed by atoms with Crippen LogP contribution in [0.1, 0.15) is 19.8 Å². The maximum absolute atomic E-state index is 6.16. The van der Waals surface area contributed by atoms with Crippen molar-refractivity contribution in [1.29, 1.82) is 0 Å². The lowest BCUT2D eigenvalue weighted by molar-refractivity contribution is 0.652. The molecule has 4 nitrogen and oxygen atoms in total. The topological polar surface area (TPSA) is 32.5 Å². The molecule has 0 spiro atoms. The normalized spacial score (nSPS) is 13.7. The van der Waals surface area contributed by atoms with Gasteiger partial charge in [-0.1, -0.05) is 37.6 Å². The molecule has 0 bridgehead atoms. The van der Waals surface area contributed by atoms with Gasteiger partial charge in [-0.25, -0.2) is 4.98 Å². The van der Waals surface area contributed by atoms with Gasteiger partial charge in [0.15, 0.2) is 5.58 Å². The minimum atomic E-state index is 0.699. The predicted octanol–water partition coefficient (Wildman–Crippen LogP) is 5.70. The summed E-state index contributed by atoms with van der Waals surface area (Å²) < 4.78 is 6.16. The second kappa shape index (κ2) is 6.06. The molecule has 0 N–H and O–H groups in total. The Balaban J connectivity index is 1.66. The molecule has 1 aliphatic rings. The van der Waals surface area contributed by atoms with Crippen molar-refractivity contribution in [2.45, 2.75) is 19.8 Å². The number of pyridine rings is 1. The number of rotatable bonds is 4. The van der Waals surface area contributed by atoms with Crippen LogP contribution in [0.2, 0.25) is 0 Å². The van der Waals surface area contributed by atoms with E-state index in [-0.39, 0.29) is 0 Å². The van der Waals surface area contributed by atoms with Gasteiger partial charge in [0, 0.05) is 23.5 Å². The van der Waals surface area contributed by atoms with Crippen molar-refractivity contribution < 1.29 is 4.42 Å². The van der Waals surface area contributed by atoms with Gasteiger partial charge in [-0.3, -0.25) is 0 Å². The lowest BCUT2D eigenvalue weighted by Gasteiger charge is -2.21. The van der Waals surface area contributed by atoms with Crippen molar-refractivity contribution in [3.05, 3.63) is 60.8 Å². The van der Waals surface area contributed by atoms with E-state index in [0.717, 1.165) is 35.3 Å². The standard InChI is InChI=1S/C22H21N3O/c1-2-3-14-24-15-25(19-11-5-4-10-18(19)24)20-12-6-8-16-17-9-7-13-23-22(17)26-21(16)20/h4-13H,2-3,14-15H2,1H3. The smallest absolute Gasteiger partial charge is 0.227 e. The highest BCUT2D eigenvalue weighted by Gasteiger charge is 2.28. The predicted molar refractivity (Wildman–Crippen MR) is 107 cm³/mol. The second-order valence-corrected chi connectivity index (χ2v) is 6.79. The summed E-state index contributed by atoms with van der Waals surface area (Å²) in [5.41, 5.74) is 5.25. The van der Waals surface area contributed by atoms with Crippen LogP contribution in [0.15, 0.2) is 65.2 Å². The number of anilines is 3. The van der Waals surface area contributed by atoms with E-state index in [2.05, 4.69) is 70.2 Å². The largest absolute Gasteiger partial charge is 0.436 e. The number of unbranched alkanes of at least 4 members (excludes halogenated alkanes) is 1. The first-order chi connectivity index (χ1) is 12.9. The third-order valence-corrected chi connectivity index (χ3v) is 5.15. The molecule has 0 saturated heterocycles. The van der Waals surface area contributed by atoms with Crippen LogP contribution in [0.5, 0.6) is 0 Å². The van der Waals surface area contributed by atoms with Crippen LogP contribution in [-0.4, -0.2) is 18.2 Å². The van der Waals surface area contributed by atoms with E-state index in [1.165, 1.54) is 24.2 Å². The Morgan fingerprint density at radius 3 is 2.62 bits per heavy atom. The summed E-state index contributed by atoms with van der Waals surface area (Å²) >= 11 is 0. The van der Waals surface area contributed by atoms with Crippen LogP contribution in [0.25, 0.3) is 22.1 Å². The number of para-hydroxylation sites is 3. The summed E-state index contributed by atoms with van der Waals surface area (Å²) in [6.07, 6.45) is 4.17. The minimum absolute atomic E-state index is 0.699. The van der Waals surface area contributed by atoms with Gasteiger partial charge in [0.1, 0.15) is 0 Å².